The smallest absolute Gasteiger partial charge is 0.253 e. The number of hydrogen-bond acceptors (Lipinski definition) is 2. The van der Waals surface area contributed by atoms with E-state index in [2.05, 4.69) is 12.2 Å². The lowest BCUT2D eigenvalue weighted by Crippen LogP contribution is -2.35. The first kappa shape index (κ1) is 15.1. The molecule has 0 spiro atoms. The van der Waals surface area contributed by atoms with Crippen molar-refractivity contribution >= 4 is 11.8 Å². The van der Waals surface area contributed by atoms with Crippen molar-refractivity contribution in [1.29, 1.82) is 0 Å². The Morgan fingerprint density at radius 3 is 2.36 bits per heavy atom. The molecule has 2 atom stereocenters. The predicted molar refractivity (Wildman–Crippen MR) is 85.3 cm³/mol. The van der Waals surface area contributed by atoms with E-state index >= 15 is 0 Å². The van der Waals surface area contributed by atoms with Gasteiger partial charge in [-0.15, -0.1) is 0 Å². The Labute approximate surface area is 131 Å². The van der Waals surface area contributed by atoms with Crippen LogP contribution in [0.2, 0.25) is 0 Å². The van der Waals surface area contributed by atoms with Crippen LogP contribution in [0.5, 0.6) is 0 Å². The first-order valence-electron chi connectivity index (χ1n) is 8.31. The number of benzene rings is 1. The number of hydrogen-bond donors (Lipinski definition) is 1. The van der Waals surface area contributed by atoms with Crippen molar-refractivity contribution in [3.63, 3.8) is 0 Å². The van der Waals surface area contributed by atoms with Gasteiger partial charge in [-0.05, 0) is 49.3 Å². The summed E-state index contributed by atoms with van der Waals surface area (Å²) in [6, 6.07) is 7.62. The highest BCUT2D eigenvalue weighted by Crippen LogP contribution is 2.37. The van der Waals surface area contributed by atoms with Crippen LogP contribution in [0.15, 0.2) is 24.3 Å². The van der Waals surface area contributed by atoms with Gasteiger partial charge in [0, 0.05) is 31.1 Å². The van der Waals surface area contributed by atoms with Crippen LogP contribution in [-0.4, -0.2) is 29.8 Å². The molecule has 0 aromatic heterocycles. The number of carbonyl (C=O) groups is 2. The van der Waals surface area contributed by atoms with Crippen LogP contribution in [0.3, 0.4) is 0 Å². The fourth-order valence-corrected chi connectivity index (χ4v) is 3.05. The van der Waals surface area contributed by atoms with Crippen molar-refractivity contribution in [1.82, 2.24) is 10.2 Å². The number of amides is 2. The summed E-state index contributed by atoms with van der Waals surface area (Å²) >= 11 is 0. The summed E-state index contributed by atoms with van der Waals surface area (Å²) in [5.74, 6) is 1.02. The molecule has 3 rings (SSSR count). The van der Waals surface area contributed by atoms with Crippen LogP contribution in [-0.2, 0) is 11.3 Å². The molecule has 1 saturated carbocycles. The summed E-state index contributed by atoms with van der Waals surface area (Å²) in [4.78, 5) is 26.1. The van der Waals surface area contributed by atoms with E-state index in [9.17, 15) is 9.59 Å². The quantitative estimate of drug-likeness (QED) is 0.929. The van der Waals surface area contributed by atoms with Gasteiger partial charge in [-0.1, -0.05) is 19.1 Å². The Kier molecular flexibility index (Phi) is 4.46. The summed E-state index contributed by atoms with van der Waals surface area (Å²) < 4.78 is 0. The molecule has 0 bridgehead atoms. The molecule has 1 aliphatic heterocycles. The van der Waals surface area contributed by atoms with Gasteiger partial charge in [0.2, 0.25) is 5.91 Å². The van der Waals surface area contributed by atoms with Crippen molar-refractivity contribution in [3.05, 3.63) is 35.4 Å². The fourth-order valence-electron chi connectivity index (χ4n) is 3.05. The summed E-state index contributed by atoms with van der Waals surface area (Å²) in [5.41, 5.74) is 1.78. The maximum absolute atomic E-state index is 12.4. The third-order valence-electron chi connectivity index (χ3n) is 4.76. The number of likely N-dealkylation sites (tertiary alicyclic amines) is 1. The standard InChI is InChI=1S/C18H24N2O2/c1-13-11-16(13)17(21)19-12-14-5-7-15(8-6-14)18(22)20-9-3-2-4-10-20/h5-8,13,16H,2-4,9-12H2,1H3,(H,19,21). The second kappa shape index (κ2) is 6.51. The first-order valence-corrected chi connectivity index (χ1v) is 8.31. The number of carbonyl (C=O) groups excluding carboxylic acids is 2. The van der Waals surface area contributed by atoms with Crippen LogP contribution in [0, 0.1) is 11.8 Å². The Bertz CT molecular complexity index is 547. The average molecular weight is 300 g/mol. The molecule has 2 amide bonds. The summed E-state index contributed by atoms with van der Waals surface area (Å²) in [6.07, 6.45) is 4.45. The molecule has 2 unspecified atom stereocenters. The van der Waals surface area contributed by atoms with Crippen LogP contribution in [0.4, 0.5) is 0 Å². The molecule has 2 fully saturated rings. The molecule has 2 aliphatic rings. The molecule has 1 aromatic carbocycles. The van der Waals surface area contributed by atoms with Crippen molar-refractivity contribution in [3.8, 4) is 0 Å². The fraction of sp³-hybridized carbons (Fsp3) is 0.556. The Balaban J connectivity index is 1.53. The molecule has 22 heavy (non-hydrogen) atoms. The second-order valence-electron chi connectivity index (χ2n) is 6.59. The Morgan fingerprint density at radius 1 is 1.14 bits per heavy atom. The predicted octanol–water partition coefficient (Wildman–Crippen LogP) is 2.58. The third-order valence-corrected chi connectivity index (χ3v) is 4.76. The molecule has 4 heteroatoms. The molecule has 1 heterocycles. The van der Waals surface area contributed by atoms with Crippen LogP contribution >= 0.6 is 0 Å². The van der Waals surface area contributed by atoms with Gasteiger partial charge in [0.25, 0.3) is 5.91 Å². The van der Waals surface area contributed by atoms with E-state index in [1.807, 2.05) is 29.2 Å². The van der Waals surface area contributed by atoms with Gasteiger partial charge in [-0.25, -0.2) is 0 Å². The lowest BCUT2D eigenvalue weighted by molar-refractivity contribution is -0.122. The van der Waals surface area contributed by atoms with Crippen LogP contribution in [0.25, 0.3) is 0 Å². The molecule has 1 saturated heterocycles. The minimum atomic E-state index is 0.127. The SMILES string of the molecule is CC1CC1C(=O)NCc1ccc(C(=O)N2CCCCC2)cc1. The minimum Gasteiger partial charge on any atom is -0.352 e. The zero-order valence-electron chi connectivity index (χ0n) is 13.2. The van der Waals surface area contributed by atoms with Crippen molar-refractivity contribution in [2.24, 2.45) is 11.8 Å². The average Bonchev–Trinajstić information content (AvgIpc) is 3.30. The van der Waals surface area contributed by atoms with E-state index in [0.29, 0.717) is 12.5 Å². The highest BCUT2D eigenvalue weighted by Gasteiger charge is 2.38. The number of nitrogens with one attached hydrogen (secondary N) is 1. The Morgan fingerprint density at radius 2 is 1.77 bits per heavy atom. The topological polar surface area (TPSA) is 49.4 Å². The molecule has 4 nitrogen and oxygen atoms in total. The largest absolute Gasteiger partial charge is 0.352 e. The lowest BCUT2D eigenvalue weighted by Gasteiger charge is -2.26. The zero-order chi connectivity index (χ0) is 15.5. The molecular weight excluding hydrogens is 276 g/mol. The lowest BCUT2D eigenvalue weighted by atomic mass is 10.1. The number of nitrogens with zero attached hydrogens (tertiary/aromatic N) is 1. The Hall–Kier alpha value is -1.84. The first-order chi connectivity index (χ1) is 10.6. The highest BCUT2D eigenvalue weighted by atomic mass is 16.2. The van der Waals surface area contributed by atoms with Gasteiger partial charge in [-0.3, -0.25) is 9.59 Å². The molecule has 1 aliphatic carbocycles. The van der Waals surface area contributed by atoms with Crippen molar-refractivity contribution < 1.29 is 9.59 Å². The number of rotatable bonds is 4. The molecular formula is C18H24N2O2. The van der Waals surface area contributed by atoms with Crippen molar-refractivity contribution in [2.45, 2.75) is 39.2 Å². The van der Waals surface area contributed by atoms with Gasteiger partial charge in [0.05, 0.1) is 0 Å². The highest BCUT2D eigenvalue weighted by molar-refractivity contribution is 5.94. The van der Waals surface area contributed by atoms with E-state index < -0.39 is 0 Å². The summed E-state index contributed by atoms with van der Waals surface area (Å²) in [7, 11) is 0. The van der Waals surface area contributed by atoms with Gasteiger partial charge in [0.15, 0.2) is 0 Å². The molecule has 1 N–H and O–H groups in total. The normalized spacial score (nSPS) is 24.0. The molecule has 1 aromatic rings. The molecule has 118 valence electrons. The summed E-state index contributed by atoms with van der Waals surface area (Å²) in [6.45, 7) is 4.39. The second-order valence-corrected chi connectivity index (χ2v) is 6.59. The maximum Gasteiger partial charge on any atom is 0.253 e. The van der Waals surface area contributed by atoms with E-state index in [1.54, 1.807) is 0 Å². The van der Waals surface area contributed by atoms with Gasteiger partial charge >= 0.3 is 0 Å². The van der Waals surface area contributed by atoms with E-state index in [4.69, 9.17) is 0 Å². The van der Waals surface area contributed by atoms with Gasteiger partial charge < -0.3 is 10.2 Å². The van der Waals surface area contributed by atoms with E-state index in [-0.39, 0.29) is 17.7 Å². The van der Waals surface area contributed by atoms with Crippen molar-refractivity contribution in [2.75, 3.05) is 13.1 Å². The van der Waals surface area contributed by atoms with E-state index in [1.165, 1.54) is 6.42 Å². The monoisotopic (exact) mass is 300 g/mol. The molecule has 0 radical (unpaired) electrons. The zero-order valence-corrected chi connectivity index (χ0v) is 13.2. The third kappa shape index (κ3) is 3.49. The van der Waals surface area contributed by atoms with Crippen LogP contribution in [0.1, 0.15) is 48.5 Å². The van der Waals surface area contributed by atoms with Gasteiger partial charge in [-0.2, -0.15) is 0 Å². The minimum absolute atomic E-state index is 0.127. The number of piperidine rings is 1. The van der Waals surface area contributed by atoms with Crippen LogP contribution < -0.4 is 5.32 Å². The summed E-state index contributed by atoms with van der Waals surface area (Å²) in [5, 5.41) is 2.97. The van der Waals surface area contributed by atoms with Gasteiger partial charge in [0.1, 0.15) is 0 Å². The van der Waals surface area contributed by atoms with E-state index in [0.717, 1.165) is 43.5 Å². The maximum atomic E-state index is 12.4.